The summed E-state index contributed by atoms with van der Waals surface area (Å²) < 4.78 is 40.8. The molecular weight excluding hydrogens is 299 g/mol. The number of amides is 1. The number of sulfonamides is 1. The summed E-state index contributed by atoms with van der Waals surface area (Å²) in [6, 6.07) is 2.70. The van der Waals surface area contributed by atoms with E-state index in [0.717, 1.165) is 23.8 Å². The van der Waals surface area contributed by atoms with E-state index in [2.05, 4.69) is 11.9 Å². The Kier molecular flexibility index (Phi) is 6.01. The summed E-state index contributed by atoms with van der Waals surface area (Å²) in [6.07, 6.45) is 0. The number of hydrogen-bond donors (Lipinski definition) is 2. The average Bonchev–Trinajstić information content (AvgIpc) is 2.36. The molecule has 8 heteroatoms. The summed E-state index contributed by atoms with van der Waals surface area (Å²) in [6.45, 7) is 6.30. The van der Waals surface area contributed by atoms with Crippen LogP contribution in [0.1, 0.15) is 17.3 Å². The number of nitrogens with two attached hydrogens (primary N) is 1. The minimum absolute atomic E-state index is 0.126. The fourth-order valence-electron chi connectivity index (χ4n) is 1.44. The molecular formula is C13H17FN2O4S. The molecule has 1 aromatic carbocycles. The van der Waals surface area contributed by atoms with Gasteiger partial charge in [0.15, 0.2) is 0 Å². The highest BCUT2D eigenvalue weighted by Gasteiger charge is 2.14. The molecule has 21 heavy (non-hydrogen) atoms. The molecule has 0 spiro atoms. The first kappa shape index (κ1) is 17.3. The molecule has 116 valence electrons. The van der Waals surface area contributed by atoms with Gasteiger partial charge in [-0.2, -0.15) is 0 Å². The van der Waals surface area contributed by atoms with Crippen LogP contribution in [0.3, 0.4) is 0 Å². The zero-order chi connectivity index (χ0) is 16.0. The lowest BCUT2D eigenvalue weighted by Gasteiger charge is -2.07. The van der Waals surface area contributed by atoms with Gasteiger partial charge >= 0.3 is 0 Å². The van der Waals surface area contributed by atoms with Crippen LogP contribution in [0.5, 0.6) is 0 Å². The van der Waals surface area contributed by atoms with E-state index < -0.39 is 26.6 Å². The van der Waals surface area contributed by atoms with Crippen LogP contribution in [-0.4, -0.2) is 34.1 Å². The number of halogens is 1. The van der Waals surface area contributed by atoms with Crippen molar-refractivity contribution < 1.29 is 22.3 Å². The summed E-state index contributed by atoms with van der Waals surface area (Å²) >= 11 is 0. The topological polar surface area (TPSA) is 98.5 Å². The average molecular weight is 316 g/mol. The first-order valence-corrected chi connectivity index (χ1v) is 7.58. The maximum absolute atomic E-state index is 13.3. The van der Waals surface area contributed by atoms with Gasteiger partial charge in [0.2, 0.25) is 10.0 Å². The van der Waals surface area contributed by atoms with Crippen molar-refractivity contribution in [3.05, 3.63) is 41.7 Å². The SMILES string of the molecule is C=C(C)COCCNC(=O)c1cc(F)cc(S(N)(=O)=O)c1. The lowest BCUT2D eigenvalue weighted by Crippen LogP contribution is -2.28. The van der Waals surface area contributed by atoms with Crippen LogP contribution >= 0.6 is 0 Å². The molecule has 0 saturated heterocycles. The highest BCUT2D eigenvalue weighted by molar-refractivity contribution is 7.89. The molecule has 1 amide bonds. The predicted octanol–water partition coefficient (Wildman–Crippen LogP) is 0.796. The Morgan fingerprint density at radius 1 is 1.43 bits per heavy atom. The van der Waals surface area contributed by atoms with Gasteiger partial charge in [-0.1, -0.05) is 12.2 Å². The number of nitrogens with one attached hydrogen (secondary N) is 1. The molecule has 0 heterocycles. The maximum Gasteiger partial charge on any atom is 0.251 e. The van der Waals surface area contributed by atoms with E-state index in [9.17, 15) is 17.6 Å². The Balaban J connectivity index is 2.66. The zero-order valence-electron chi connectivity index (χ0n) is 11.6. The highest BCUT2D eigenvalue weighted by atomic mass is 32.2. The molecule has 0 aliphatic heterocycles. The molecule has 3 N–H and O–H groups in total. The minimum atomic E-state index is -4.07. The van der Waals surface area contributed by atoms with E-state index in [1.165, 1.54) is 0 Å². The van der Waals surface area contributed by atoms with Gasteiger partial charge in [0.05, 0.1) is 18.1 Å². The van der Waals surface area contributed by atoms with Crippen LogP contribution in [0.15, 0.2) is 35.2 Å². The Bertz CT molecular complexity index is 644. The zero-order valence-corrected chi connectivity index (χ0v) is 12.4. The largest absolute Gasteiger partial charge is 0.375 e. The molecule has 0 bridgehead atoms. The van der Waals surface area contributed by atoms with Crippen molar-refractivity contribution in [2.75, 3.05) is 19.8 Å². The van der Waals surface area contributed by atoms with Crippen molar-refractivity contribution >= 4 is 15.9 Å². The van der Waals surface area contributed by atoms with E-state index in [0.29, 0.717) is 6.61 Å². The van der Waals surface area contributed by atoms with Gasteiger partial charge in [-0.3, -0.25) is 4.79 Å². The van der Waals surface area contributed by atoms with Crippen LogP contribution in [-0.2, 0) is 14.8 Å². The van der Waals surface area contributed by atoms with Gasteiger partial charge < -0.3 is 10.1 Å². The van der Waals surface area contributed by atoms with Gasteiger partial charge in [0.25, 0.3) is 5.91 Å². The molecule has 0 aliphatic rings. The third kappa shape index (κ3) is 6.03. The van der Waals surface area contributed by atoms with E-state index in [4.69, 9.17) is 9.88 Å². The monoisotopic (exact) mass is 316 g/mol. The molecule has 0 unspecified atom stereocenters. The maximum atomic E-state index is 13.3. The van der Waals surface area contributed by atoms with Crippen molar-refractivity contribution in [2.24, 2.45) is 5.14 Å². The summed E-state index contributed by atoms with van der Waals surface area (Å²) in [5.74, 6) is -1.47. The van der Waals surface area contributed by atoms with Crippen molar-refractivity contribution in [3.8, 4) is 0 Å². The normalized spacial score (nSPS) is 11.2. The van der Waals surface area contributed by atoms with Crippen LogP contribution in [0.2, 0.25) is 0 Å². The summed E-state index contributed by atoms with van der Waals surface area (Å²) in [5, 5.41) is 7.39. The van der Waals surface area contributed by atoms with E-state index in [1.54, 1.807) is 6.92 Å². The molecule has 0 saturated carbocycles. The van der Waals surface area contributed by atoms with Gasteiger partial charge in [-0.05, 0) is 25.1 Å². The second-order valence-corrected chi connectivity index (χ2v) is 6.05. The summed E-state index contributed by atoms with van der Waals surface area (Å²) in [5.41, 5.74) is 0.725. The second-order valence-electron chi connectivity index (χ2n) is 4.49. The van der Waals surface area contributed by atoms with Crippen molar-refractivity contribution in [1.82, 2.24) is 5.32 Å². The van der Waals surface area contributed by atoms with Crippen LogP contribution in [0.25, 0.3) is 0 Å². The fourth-order valence-corrected chi connectivity index (χ4v) is 2.01. The lowest BCUT2D eigenvalue weighted by molar-refractivity contribution is 0.0926. The number of hydrogen-bond acceptors (Lipinski definition) is 4. The number of benzene rings is 1. The predicted molar refractivity (Wildman–Crippen MR) is 75.7 cm³/mol. The van der Waals surface area contributed by atoms with E-state index in [-0.39, 0.29) is 18.7 Å². The van der Waals surface area contributed by atoms with Crippen LogP contribution < -0.4 is 10.5 Å². The van der Waals surface area contributed by atoms with E-state index >= 15 is 0 Å². The third-order valence-corrected chi connectivity index (χ3v) is 3.24. The standard InChI is InChI=1S/C13H17FN2O4S/c1-9(2)8-20-4-3-16-13(17)10-5-11(14)7-12(6-10)21(15,18)19/h5-7H,1,3-4,8H2,2H3,(H,16,17)(H2,15,18,19). The quantitative estimate of drug-likeness (QED) is 0.574. The van der Waals surface area contributed by atoms with E-state index in [1.807, 2.05) is 0 Å². The molecule has 0 fully saturated rings. The molecule has 0 aromatic heterocycles. The number of primary sulfonamides is 1. The second kappa shape index (κ2) is 7.30. The number of rotatable bonds is 7. The van der Waals surface area contributed by atoms with Gasteiger partial charge in [-0.15, -0.1) is 0 Å². The third-order valence-electron chi connectivity index (χ3n) is 2.34. The van der Waals surface area contributed by atoms with Gasteiger partial charge in [-0.25, -0.2) is 17.9 Å². The Morgan fingerprint density at radius 2 is 2.10 bits per heavy atom. The number of carbonyl (C=O) groups excluding carboxylic acids is 1. The van der Waals surface area contributed by atoms with Gasteiger partial charge in [0.1, 0.15) is 5.82 Å². The number of ether oxygens (including phenoxy) is 1. The first-order valence-electron chi connectivity index (χ1n) is 6.04. The van der Waals surface area contributed by atoms with Crippen molar-refractivity contribution in [2.45, 2.75) is 11.8 Å². The lowest BCUT2D eigenvalue weighted by atomic mass is 10.2. The summed E-state index contributed by atoms with van der Waals surface area (Å²) in [4.78, 5) is 11.3. The Labute approximate surface area is 122 Å². The highest BCUT2D eigenvalue weighted by Crippen LogP contribution is 2.13. The van der Waals surface area contributed by atoms with Gasteiger partial charge in [0, 0.05) is 12.1 Å². The first-order chi connectivity index (χ1) is 9.70. The molecule has 1 rings (SSSR count). The Hall–Kier alpha value is -1.77. The molecule has 0 atom stereocenters. The van der Waals surface area contributed by atoms with Crippen molar-refractivity contribution in [1.29, 1.82) is 0 Å². The Morgan fingerprint density at radius 3 is 2.67 bits per heavy atom. The number of carbonyl (C=O) groups is 1. The fraction of sp³-hybridized carbons (Fsp3) is 0.308. The molecule has 6 nitrogen and oxygen atoms in total. The smallest absolute Gasteiger partial charge is 0.251 e. The van der Waals surface area contributed by atoms with Crippen LogP contribution in [0, 0.1) is 5.82 Å². The summed E-state index contributed by atoms with van der Waals surface area (Å²) in [7, 11) is -4.07. The van der Waals surface area contributed by atoms with Crippen LogP contribution in [0.4, 0.5) is 4.39 Å². The minimum Gasteiger partial charge on any atom is -0.375 e. The molecule has 0 radical (unpaired) electrons. The molecule has 1 aromatic rings. The molecule has 0 aliphatic carbocycles. The van der Waals surface area contributed by atoms with Crippen molar-refractivity contribution in [3.63, 3.8) is 0 Å².